The molecule has 0 aliphatic carbocycles. The Labute approximate surface area is 170 Å². The van der Waals surface area contributed by atoms with Crippen molar-refractivity contribution in [1.82, 2.24) is 24.7 Å². The van der Waals surface area contributed by atoms with Crippen LogP contribution >= 0.6 is 0 Å². The molecule has 158 valence electrons. The summed E-state index contributed by atoms with van der Waals surface area (Å²) in [5, 5.41) is 3.84. The number of hydrogen-bond acceptors (Lipinski definition) is 8. The Morgan fingerprint density at radius 3 is 2.83 bits per heavy atom. The topological polar surface area (TPSA) is 130 Å². The minimum Gasteiger partial charge on any atom is -0.338 e. The number of pyridine rings is 1. The predicted octanol–water partition coefficient (Wildman–Crippen LogP) is 2.22. The maximum Gasteiger partial charge on any atom is 0.243 e. The lowest BCUT2D eigenvalue weighted by Crippen LogP contribution is -2.22. The van der Waals surface area contributed by atoms with Crippen LogP contribution in [0.2, 0.25) is 0 Å². The van der Waals surface area contributed by atoms with Gasteiger partial charge in [0.25, 0.3) is 0 Å². The van der Waals surface area contributed by atoms with E-state index in [0.717, 1.165) is 16.9 Å². The SMILES string of the molecule is CCc1noc(C(N)CC(C)CS(=O)(=O)CCCn2c(C)nc3cnccc32)n1. The van der Waals surface area contributed by atoms with Crippen LogP contribution in [0.15, 0.2) is 23.0 Å². The molecule has 3 aromatic heterocycles. The summed E-state index contributed by atoms with van der Waals surface area (Å²) in [6.45, 7) is 6.33. The summed E-state index contributed by atoms with van der Waals surface area (Å²) < 4.78 is 32.3. The average molecular weight is 421 g/mol. The number of sulfone groups is 1. The van der Waals surface area contributed by atoms with Crippen LogP contribution in [0.1, 0.15) is 50.3 Å². The summed E-state index contributed by atoms with van der Waals surface area (Å²) in [5.74, 6) is 1.93. The summed E-state index contributed by atoms with van der Waals surface area (Å²) in [5.41, 5.74) is 7.90. The quantitative estimate of drug-likeness (QED) is 0.528. The van der Waals surface area contributed by atoms with Gasteiger partial charge in [0.05, 0.1) is 29.3 Å². The van der Waals surface area contributed by atoms with E-state index in [2.05, 4.69) is 20.1 Å². The Morgan fingerprint density at radius 1 is 1.31 bits per heavy atom. The molecule has 9 nitrogen and oxygen atoms in total. The monoisotopic (exact) mass is 420 g/mol. The van der Waals surface area contributed by atoms with E-state index in [1.54, 1.807) is 12.4 Å². The van der Waals surface area contributed by atoms with E-state index in [-0.39, 0.29) is 17.4 Å². The summed E-state index contributed by atoms with van der Waals surface area (Å²) >= 11 is 0. The van der Waals surface area contributed by atoms with Gasteiger partial charge in [0.2, 0.25) is 5.89 Å². The largest absolute Gasteiger partial charge is 0.338 e. The van der Waals surface area contributed by atoms with Crippen molar-refractivity contribution in [3.63, 3.8) is 0 Å². The van der Waals surface area contributed by atoms with Crippen molar-refractivity contribution in [3.05, 3.63) is 36.0 Å². The van der Waals surface area contributed by atoms with Gasteiger partial charge in [-0.25, -0.2) is 13.4 Å². The third-order valence-corrected chi connectivity index (χ3v) is 6.88. The molecule has 0 radical (unpaired) electrons. The zero-order chi connectivity index (χ0) is 21.0. The van der Waals surface area contributed by atoms with Crippen LogP contribution in [0.25, 0.3) is 11.0 Å². The summed E-state index contributed by atoms with van der Waals surface area (Å²) in [4.78, 5) is 12.8. The van der Waals surface area contributed by atoms with E-state index < -0.39 is 15.9 Å². The number of aryl methyl sites for hydroxylation is 3. The van der Waals surface area contributed by atoms with Gasteiger partial charge in [-0.15, -0.1) is 0 Å². The first-order valence-corrected chi connectivity index (χ1v) is 11.7. The highest BCUT2D eigenvalue weighted by molar-refractivity contribution is 7.91. The van der Waals surface area contributed by atoms with Gasteiger partial charge in [0, 0.05) is 19.2 Å². The first kappa shape index (κ1) is 21.4. The molecule has 0 aliphatic rings. The molecular weight excluding hydrogens is 392 g/mol. The van der Waals surface area contributed by atoms with Crippen molar-refractivity contribution in [2.75, 3.05) is 11.5 Å². The van der Waals surface area contributed by atoms with Crippen LogP contribution in [-0.2, 0) is 22.8 Å². The van der Waals surface area contributed by atoms with Crippen LogP contribution in [-0.4, -0.2) is 44.6 Å². The first-order valence-electron chi connectivity index (χ1n) is 9.84. The normalized spacial score (nSPS) is 14.3. The fourth-order valence-corrected chi connectivity index (χ4v) is 5.25. The summed E-state index contributed by atoms with van der Waals surface area (Å²) in [7, 11) is -3.20. The summed E-state index contributed by atoms with van der Waals surface area (Å²) in [6.07, 6.45) is 5.10. The molecule has 29 heavy (non-hydrogen) atoms. The fourth-order valence-electron chi connectivity index (χ4n) is 3.51. The van der Waals surface area contributed by atoms with Crippen molar-refractivity contribution in [1.29, 1.82) is 0 Å². The van der Waals surface area contributed by atoms with Crippen LogP contribution in [0.4, 0.5) is 0 Å². The van der Waals surface area contributed by atoms with E-state index in [0.29, 0.717) is 37.5 Å². The lowest BCUT2D eigenvalue weighted by molar-refractivity contribution is 0.332. The number of nitrogens with two attached hydrogens (primary N) is 1. The molecule has 2 N–H and O–H groups in total. The van der Waals surface area contributed by atoms with Crippen LogP contribution in [0.3, 0.4) is 0 Å². The standard InChI is InChI=1S/C19H28N6O3S/c1-4-18-23-19(28-24-18)15(20)10-13(2)12-29(26,27)9-5-8-25-14(3)22-16-11-21-7-6-17(16)25/h6-7,11,13,15H,4-5,8-10,12,20H2,1-3H3. The molecule has 10 heteroatoms. The highest BCUT2D eigenvalue weighted by Crippen LogP contribution is 2.20. The molecule has 0 aliphatic heterocycles. The molecule has 0 saturated heterocycles. The van der Waals surface area contributed by atoms with E-state index in [9.17, 15) is 8.42 Å². The second kappa shape index (κ2) is 9.00. The van der Waals surface area contributed by atoms with Gasteiger partial charge >= 0.3 is 0 Å². The first-order chi connectivity index (χ1) is 13.8. The molecular formula is C19H28N6O3S. The van der Waals surface area contributed by atoms with Crippen molar-refractivity contribution in [2.45, 2.75) is 52.6 Å². The Morgan fingerprint density at radius 2 is 2.10 bits per heavy atom. The van der Waals surface area contributed by atoms with Crippen molar-refractivity contribution < 1.29 is 12.9 Å². The third kappa shape index (κ3) is 5.39. The van der Waals surface area contributed by atoms with Crippen LogP contribution < -0.4 is 5.73 Å². The Kier molecular flexibility index (Phi) is 6.63. The zero-order valence-corrected chi connectivity index (χ0v) is 17.9. The van der Waals surface area contributed by atoms with Gasteiger partial charge in [-0.2, -0.15) is 4.98 Å². The number of nitrogens with zero attached hydrogens (tertiary/aromatic N) is 5. The molecule has 0 saturated carbocycles. The number of imidazole rings is 1. The van der Waals surface area contributed by atoms with Gasteiger partial charge < -0.3 is 14.8 Å². The van der Waals surface area contributed by atoms with Crippen LogP contribution in [0.5, 0.6) is 0 Å². The van der Waals surface area contributed by atoms with Gasteiger partial charge in [-0.05, 0) is 31.7 Å². The van der Waals surface area contributed by atoms with Crippen molar-refractivity contribution in [2.24, 2.45) is 11.7 Å². The fraction of sp³-hybridized carbons (Fsp3) is 0.579. The molecule has 2 atom stereocenters. The number of aromatic nitrogens is 5. The number of rotatable bonds is 10. The van der Waals surface area contributed by atoms with Crippen LogP contribution in [0, 0.1) is 12.8 Å². The van der Waals surface area contributed by atoms with E-state index in [1.165, 1.54) is 0 Å². The maximum absolute atomic E-state index is 12.6. The smallest absolute Gasteiger partial charge is 0.243 e. The number of fused-ring (bicyclic) bond motifs is 1. The second-order valence-corrected chi connectivity index (χ2v) is 9.72. The maximum atomic E-state index is 12.6. The minimum absolute atomic E-state index is 0.0864. The Balaban J connectivity index is 1.52. The molecule has 0 bridgehead atoms. The zero-order valence-electron chi connectivity index (χ0n) is 17.1. The molecule has 0 fully saturated rings. The minimum atomic E-state index is -3.20. The van der Waals surface area contributed by atoms with E-state index in [4.69, 9.17) is 10.3 Å². The predicted molar refractivity (Wildman–Crippen MR) is 110 cm³/mol. The molecule has 0 amide bonds. The third-order valence-electron chi connectivity index (χ3n) is 4.89. The van der Waals surface area contributed by atoms with Gasteiger partial charge in [0.15, 0.2) is 15.7 Å². The second-order valence-electron chi connectivity index (χ2n) is 7.49. The molecule has 0 spiro atoms. The molecule has 3 rings (SSSR count). The Bertz CT molecular complexity index is 1060. The average Bonchev–Trinajstić information content (AvgIpc) is 3.26. The summed E-state index contributed by atoms with van der Waals surface area (Å²) in [6, 6.07) is 1.44. The molecule has 3 heterocycles. The lowest BCUT2D eigenvalue weighted by Gasteiger charge is -2.15. The van der Waals surface area contributed by atoms with E-state index >= 15 is 0 Å². The lowest BCUT2D eigenvalue weighted by atomic mass is 10.0. The molecule has 2 unspecified atom stereocenters. The van der Waals surface area contributed by atoms with Gasteiger partial charge in [-0.1, -0.05) is 19.0 Å². The Hall–Kier alpha value is -2.33. The molecule has 0 aromatic carbocycles. The number of hydrogen-bond donors (Lipinski definition) is 1. The highest BCUT2D eigenvalue weighted by Gasteiger charge is 2.22. The van der Waals surface area contributed by atoms with Gasteiger partial charge in [-0.3, -0.25) is 4.98 Å². The van der Waals surface area contributed by atoms with Crippen molar-refractivity contribution >= 4 is 20.9 Å². The van der Waals surface area contributed by atoms with Gasteiger partial charge in [0.1, 0.15) is 11.3 Å². The van der Waals surface area contributed by atoms with Crippen molar-refractivity contribution in [3.8, 4) is 0 Å². The molecule has 3 aromatic rings. The highest BCUT2D eigenvalue weighted by atomic mass is 32.2. The van der Waals surface area contributed by atoms with E-state index in [1.807, 2.05) is 31.4 Å².